The van der Waals surface area contributed by atoms with E-state index in [1.807, 2.05) is 49.1 Å². The normalized spacial score (nSPS) is 14.2. The minimum absolute atomic E-state index is 0.0536. The average molecular weight is 469 g/mol. The maximum absolute atomic E-state index is 12.8. The summed E-state index contributed by atoms with van der Waals surface area (Å²) < 4.78 is 11.3. The number of aromatic nitrogens is 1. The van der Waals surface area contributed by atoms with Gasteiger partial charge in [-0.1, -0.05) is 23.7 Å². The van der Waals surface area contributed by atoms with Gasteiger partial charge in [0.2, 0.25) is 0 Å². The molecule has 3 aromatic rings. The molecule has 1 saturated heterocycles. The zero-order valence-corrected chi connectivity index (χ0v) is 20.0. The molecule has 4 rings (SSSR count). The molecule has 0 unspecified atom stereocenters. The maximum Gasteiger partial charge on any atom is 0.317 e. The van der Waals surface area contributed by atoms with E-state index in [1.54, 1.807) is 13.3 Å². The Hall–Kier alpha value is -3.19. The van der Waals surface area contributed by atoms with Crippen LogP contribution in [0.3, 0.4) is 0 Å². The summed E-state index contributed by atoms with van der Waals surface area (Å²) in [6, 6.07) is 11.9. The molecule has 8 heteroatoms. The first kappa shape index (κ1) is 23.0. The zero-order valence-electron chi connectivity index (χ0n) is 19.2. The van der Waals surface area contributed by atoms with E-state index >= 15 is 0 Å². The van der Waals surface area contributed by atoms with Crippen LogP contribution in [0.4, 0.5) is 10.5 Å². The maximum atomic E-state index is 12.8. The van der Waals surface area contributed by atoms with Crippen LogP contribution in [0, 0.1) is 13.8 Å². The number of urea groups is 1. The summed E-state index contributed by atoms with van der Waals surface area (Å²) in [5.41, 5.74) is 3.95. The van der Waals surface area contributed by atoms with Crippen molar-refractivity contribution in [3.05, 3.63) is 64.6 Å². The molecule has 0 saturated carbocycles. The zero-order chi connectivity index (χ0) is 23.4. The topological polar surface area (TPSA) is 70.8 Å². The number of aryl methyl sites for hydroxylation is 2. The Bertz CT molecular complexity index is 1130. The largest absolute Gasteiger partial charge is 0.496 e. The predicted octanol–water partition coefficient (Wildman–Crippen LogP) is 5.04. The van der Waals surface area contributed by atoms with Crippen LogP contribution in [-0.4, -0.2) is 49.2 Å². The molecule has 1 aliphatic heterocycles. The van der Waals surface area contributed by atoms with Crippen LogP contribution in [0.25, 0.3) is 11.3 Å². The lowest BCUT2D eigenvalue weighted by Gasteiger charge is -2.24. The molecule has 0 spiro atoms. The lowest BCUT2D eigenvalue weighted by molar-refractivity contribution is 0.201. The van der Waals surface area contributed by atoms with Gasteiger partial charge in [0.15, 0.2) is 11.7 Å². The van der Waals surface area contributed by atoms with Gasteiger partial charge < -0.3 is 24.3 Å². The molecule has 0 radical (unpaired) electrons. The third-order valence-corrected chi connectivity index (χ3v) is 6.31. The lowest BCUT2D eigenvalue weighted by Crippen LogP contribution is -2.41. The molecule has 174 valence electrons. The number of oxazole rings is 1. The number of halogens is 1. The van der Waals surface area contributed by atoms with E-state index in [0.717, 1.165) is 47.6 Å². The van der Waals surface area contributed by atoms with Gasteiger partial charge in [-0.3, -0.25) is 0 Å². The first-order valence-corrected chi connectivity index (χ1v) is 11.5. The SMILES string of the molecule is COc1cc(N2CCCN(C(=O)NCc3ccc(C)c(Cl)c3)CC2)ccc1-c1cnc(C)o1. The second-order valence-electron chi connectivity index (χ2n) is 8.20. The molecule has 2 amide bonds. The van der Waals surface area contributed by atoms with Gasteiger partial charge in [-0.15, -0.1) is 0 Å². The molecule has 1 N–H and O–H groups in total. The van der Waals surface area contributed by atoms with Crippen molar-refractivity contribution < 1.29 is 13.9 Å². The van der Waals surface area contributed by atoms with E-state index in [9.17, 15) is 4.79 Å². The first-order chi connectivity index (χ1) is 15.9. The molecule has 2 heterocycles. The lowest BCUT2D eigenvalue weighted by atomic mass is 10.1. The highest BCUT2D eigenvalue weighted by atomic mass is 35.5. The number of rotatable bonds is 5. The molecule has 0 aliphatic carbocycles. The number of methoxy groups -OCH3 is 1. The molecule has 1 aromatic heterocycles. The van der Waals surface area contributed by atoms with Crippen molar-refractivity contribution in [1.82, 2.24) is 15.2 Å². The van der Waals surface area contributed by atoms with Gasteiger partial charge in [0.25, 0.3) is 0 Å². The number of hydrogen-bond donors (Lipinski definition) is 1. The highest BCUT2D eigenvalue weighted by Crippen LogP contribution is 2.34. The number of benzene rings is 2. The average Bonchev–Trinajstić information content (AvgIpc) is 3.10. The number of nitrogens with one attached hydrogen (secondary N) is 1. The van der Waals surface area contributed by atoms with Crippen LogP contribution in [0.15, 0.2) is 47.0 Å². The molecule has 0 atom stereocenters. The van der Waals surface area contributed by atoms with Crippen molar-refractivity contribution in [1.29, 1.82) is 0 Å². The summed E-state index contributed by atoms with van der Waals surface area (Å²) in [6.07, 6.45) is 2.59. The summed E-state index contributed by atoms with van der Waals surface area (Å²) >= 11 is 6.19. The molecule has 1 aliphatic rings. The second-order valence-corrected chi connectivity index (χ2v) is 8.61. The van der Waals surface area contributed by atoms with Crippen molar-refractivity contribution in [2.24, 2.45) is 0 Å². The molecule has 7 nitrogen and oxygen atoms in total. The Kier molecular flexibility index (Phi) is 7.08. The van der Waals surface area contributed by atoms with Crippen LogP contribution in [0.1, 0.15) is 23.4 Å². The number of hydrogen-bond acceptors (Lipinski definition) is 5. The smallest absolute Gasteiger partial charge is 0.317 e. The third kappa shape index (κ3) is 5.42. The van der Waals surface area contributed by atoms with Crippen molar-refractivity contribution in [3.8, 4) is 17.1 Å². The van der Waals surface area contributed by atoms with Crippen LogP contribution in [-0.2, 0) is 6.54 Å². The van der Waals surface area contributed by atoms with Crippen LogP contribution < -0.4 is 15.0 Å². The fourth-order valence-electron chi connectivity index (χ4n) is 3.98. The number of ether oxygens (including phenoxy) is 1. The van der Waals surface area contributed by atoms with Crippen LogP contribution >= 0.6 is 11.6 Å². The Morgan fingerprint density at radius 1 is 1.15 bits per heavy atom. The predicted molar refractivity (Wildman–Crippen MR) is 130 cm³/mol. The van der Waals surface area contributed by atoms with Crippen molar-refractivity contribution in [2.75, 3.05) is 38.2 Å². The van der Waals surface area contributed by atoms with E-state index < -0.39 is 0 Å². The number of carbonyl (C=O) groups is 1. The Morgan fingerprint density at radius 2 is 2.00 bits per heavy atom. The summed E-state index contributed by atoms with van der Waals surface area (Å²) in [5.74, 6) is 2.04. The Labute approximate surface area is 199 Å². The monoisotopic (exact) mass is 468 g/mol. The van der Waals surface area contributed by atoms with Crippen molar-refractivity contribution in [3.63, 3.8) is 0 Å². The summed E-state index contributed by atoms with van der Waals surface area (Å²) in [6.45, 7) is 7.20. The van der Waals surface area contributed by atoms with Gasteiger partial charge >= 0.3 is 6.03 Å². The minimum atomic E-state index is -0.0536. The Morgan fingerprint density at radius 3 is 2.73 bits per heavy atom. The first-order valence-electron chi connectivity index (χ1n) is 11.1. The Balaban J connectivity index is 1.38. The van der Waals surface area contributed by atoms with Gasteiger partial charge in [0.1, 0.15) is 5.75 Å². The van der Waals surface area contributed by atoms with Crippen LogP contribution in [0.2, 0.25) is 5.02 Å². The molecule has 2 aromatic carbocycles. The fourth-order valence-corrected chi connectivity index (χ4v) is 4.18. The van der Waals surface area contributed by atoms with Gasteiger partial charge in [0, 0.05) is 56.4 Å². The standard InChI is InChI=1S/C25H29ClN4O3/c1-17-5-6-19(13-22(17)26)15-28-25(31)30-10-4-9-29(11-12-30)20-7-8-21(23(14-20)32-3)24-16-27-18(2)33-24/h5-8,13-14,16H,4,9-12,15H2,1-3H3,(H,28,31). The molecule has 33 heavy (non-hydrogen) atoms. The van der Waals surface area contributed by atoms with Gasteiger partial charge in [-0.25, -0.2) is 9.78 Å². The highest BCUT2D eigenvalue weighted by Gasteiger charge is 2.20. The van der Waals surface area contributed by atoms with Gasteiger partial charge in [-0.2, -0.15) is 0 Å². The number of anilines is 1. The molecule has 1 fully saturated rings. The van der Waals surface area contributed by atoms with Gasteiger partial charge in [0.05, 0.1) is 18.9 Å². The van der Waals surface area contributed by atoms with Crippen molar-refractivity contribution in [2.45, 2.75) is 26.8 Å². The number of nitrogens with zero attached hydrogens (tertiary/aromatic N) is 3. The summed E-state index contributed by atoms with van der Waals surface area (Å²) in [7, 11) is 1.65. The van der Waals surface area contributed by atoms with E-state index in [1.165, 1.54) is 0 Å². The highest BCUT2D eigenvalue weighted by molar-refractivity contribution is 6.31. The molecular formula is C25H29ClN4O3. The quantitative estimate of drug-likeness (QED) is 0.567. The third-order valence-electron chi connectivity index (χ3n) is 5.90. The number of amides is 2. The van der Waals surface area contributed by atoms with Crippen LogP contribution in [0.5, 0.6) is 5.75 Å². The second kappa shape index (κ2) is 10.2. The van der Waals surface area contributed by atoms with E-state index in [2.05, 4.69) is 21.3 Å². The van der Waals surface area contributed by atoms with E-state index in [0.29, 0.717) is 36.3 Å². The van der Waals surface area contributed by atoms with Gasteiger partial charge in [-0.05, 0) is 42.7 Å². The molecule has 0 bridgehead atoms. The summed E-state index contributed by atoms with van der Waals surface area (Å²) in [5, 5.41) is 3.73. The molecular weight excluding hydrogens is 440 g/mol. The summed E-state index contributed by atoms with van der Waals surface area (Å²) in [4.78, 5) is 21.1. The van der Waals surface area contributed by atoms with E-state index in [-0.39, 0.29) is 6.03 Å². The van der Waals surface area contributed by atoms with Crippen molar-refractivity contribution >= 4 is 23.3 Å². The minimum Gasteiger partial charge on any atom is -0.496 e. The fraction of sp³-hybridized carbons (Fsp3) is 0.360. The van der Waals surface area contributed by atoms with E-state index in [4.69, 9.17) is 20.8 Å². The number of carbonyl (C=O) groups excluding carboxylic acids is 1.